The van der Waals surface area contributed by atoms with Crippen molar-refractivity contribution in [3.8, 4) is 5.75 Å². The maximum atomic E-state index is 5.86. The van der Waals surface area contributed by atoms with Crippen LogP contribution in [0.15, 0.2) is 72.6 Å². The largest absolute Gasteiger partial charge is 0.497 e. The second-order valence-corrected chi connectivity index (χ2v) is 7.67. The molecule has 2 unspecified atom stereocenters. The van der Waals surface area contributed by atoms with Crippen molar-refractivity contribution in [2.24, 2.45) is 0 Å². The van der Waals surface area contributed by atoms with Crippen LogP contribution in [-0.2, 0) is 9.47 Å². The fourth-order valence-electron chi connectivity index (χ4n) is 4.35. The van der Waals surface area contributed by atoms with Crippen LogP contribution in [0.4, 0.5) is 0 Å². The van der Waals surface area contributed by atoms with E-state index in [0.29, 0.717) is 5.92 Å². The summed E-state index contributed by atoms with van der Waals surface area (Å²) in [6.07, 6.45) is 17.3. The third-order valence-corrected chi connectivity index (χ3v) is 5.89. The van der Waals surface area contributed by atoms with Crippen LogP contribution in [0.25, 0.3) is 0 Å². The highest BCUT2D eigenvalue weighted by Gasteiger charge is 2.31. The van der Waals surface area contributed by atoms with Gasteiger partial charge in [-0.2, -0.15) is 0 Å². The fraction of sp³-hybridized carbons (Fsp3) is 0.417. The van der Waals surface area contributed by atoms with Crippen LogP contribution in [0.2, 0.25) is 0 Å². The lowest BCUT2D eigenvalue weighted by Gasteiger charge is -2.39. The van der Waals surface area contributed by atoms with Crippen LogP contribution in [0.1, 0.15) is 43.6 Å². The van der Waals surface area contributed by atoms with Crippen molar-refractivity contribution in [3.63, 3.8) is 0 Å². The number of piperidine rings is 1. The summed E-state index contributed by atoms with van der Waals surface area (Å²) in [4.78, 5) is 2.58. The highest BCUT2D eigenvalue weighted by atomic mass is 16.5. The van der Waals surface area contributed by atoms with Crippen molar-refractivity contribution in [2.45, 2.75) is 44.1 Å². The van der Waals surface area contributed by atoms with E-state index in [2.05, 4.69) is 47.4 Å². The molecule has 1 aromatic rings. The van der Waals surface area contributed by atoms with Crippen LogP contribution in [0.5, 0.6) is 5.75 Å². The highest BCUT2D eigenvalue weighted by Crippen LogP contribution is 2.33. The topological polar surface area (TPSA) is 30.9 Å². The minimum atomic E-state index is 0.212. The van der Waals surface area contributed by atoms with E-state index in [0.717, 1.165) is 43.9 Å². The van der Waals surface area contributed by atoms with Gasteiger partial charge in [0.05, 0.1) is 13.2 Å². The summed E-state index contributed by atoms with van der Waals surface area (Å²) in [6.45, 7) is 2.12. The molecule has 0 N–H and O–H groups in total. The first-order valence-electron chi connectivity index (χ1n) is 10.2. The lowest BCUT2D eigenvalue weighted by Crippen LogP contribution is -2.43. The Balaban J connectivity index is 1.51. The lowest BCUT2D eigenvalue weighted by molar-refractivity contribution is 0.115. The molecular formula is C24H29NO3. The second kappa shape index (κ2) is 9.16. The Kier molecular flexibility index (Phi) is 6.17. The summed E-state index contributed by atoms with van der Waals surface area (Å²) in [6, 6.07) is 8.76. The predicted octanol–water partition coefficient (Wildman–Crippen LogP) is 5.27. The molecule has 1 aliphatic carbocycles. The van der Waals surface area contributed by atoms with Crippen molar-refractivity contribution in [3.05, 3.63) is 78.2 Å². The smallest absolute Gasteiger partial charge is 0.156 e. The van der Waals surface area contributed by atoms with E-state index >= 15 is 0 Å². The number of hydrogen-bond donors (Lipinski definition) is 0. The fourth-order valence-corrected chi connectivity index (χ4v) is 4.35. The SMILES string of the molecule is COc1ccc(C2CCCN(C(CC3=CC=CCC3)C3=COC=CO3)C2)cc1. The van der Waals surface area contributed by atoms with Gasteiger partial charge in [0.15, 0.2) is 5.76 Å². The molecule has 148 valence electrons. The molecular weight excluding hydrogens is 350 g/mol. The van der Waals surface area contributed by atoms with Crippen LogP contribution in [0, 0.1) is 0 Å². The molecule has 0 saturated carbocycles. The molecule has 3 aliphatic rings. The zero-order valence-corrected chi connectivity index (χ0v) is 16.5. The quantitative estimate of drug-likeness (QED) is 0.674. The van der Waals surface area contributed by atoms with Gasteiger partial charge in [0, 0.05) is 6.54 Å². The van der Waals surface area contributed by atoms with Gasteiger partial charge in [0.1, 0.15) is 24.5 Å². The number of rotatable bonds is 6. The summed E-state index contributed by atoms with van der Waals surface area (Å²) in [5.74, 6) is 2.35. The lowest BCUT2D eigenvalue weighted by atomic mass is 9.88. The van der Waals surface area contributed by atoms with E-state index in [1.807, 2.05) is 0 Å². The number of ether oxygens (including phenoxy) is 3. The predicted molar refractivity (Wildman–Crippen MR) is 111 cm³/mol. The average Bonchev–Trinajstić information content (AvgIpc) is 2.79. The van der Waals surface area contributed by atoms with E-state index in [1.54, 1.807) is 25.9 Å². The zero-order valence-electron chi connectivity index (χ0n) is 16.5. The number of likely N-dealkylation sites (tertiary alicyclic amines) is 1. The van der Waals surface area contributed by atoms with E-state index in [1.165, 1.54) is 24.0 Å². The number of nitrogens with zero attached hydrogens (tertiary/aromatic N) is 1. The second-order valence-electron chi connectivity index (χ2n) is 7.67. The summed E-state index contributed by atoms with van der Waals surface area (Å²) >= 11 is 0. The van der Waals surface area contributed by atoms with Gasteiger partial charge >= 0.3 is 0 Å². The van der Waals surface area contributed by atoms with Crippen LogP contribution in [-0.4, -0.2) is 31.1 Å². The van der Waals surface area contributed by atoms with Crippen molar-refractivity contribution < 1.29 is 14.2 Å². The molecule has 0 amide bonds. The molecule has 2 heterocycles. The Morgan fingerprint density at radius 1 is 1.21 bits per heavy atom. The van der Waals surface area contributed by atoms with Gasteiger partial charge < -0.3 is 14.2 Å². The minimum Gasteiger partial charge on any atom is -0.497 e. The molecule has 4 nitrogen and oxygen atoms in total. The molecule has 0 radical (unpaired) electrons. The molecule has 0 bridgehead atoms. The molecule has 28 heavy (non-hydrogen) atoms. The highest BCUT2D eigenvalue weighted by molar-refractivity contribution is 5.30. The van der Waals surface area contributed by atoms with Gasteiger partial charge in [-0.3, -0.25) is 4.90 Å². The molecule has 0 spiro atoms. The molecule has 0 aromatic heterocycles. The first-order valence-corrected chi connectivity index (χ1v) is 10.2. The van der Waals surface area contributed by atoms with Crippen LogP contribution >= 0.6 is 0 Å². The Hall–Kier alpha value is -2.46. The van der Waals surface area contributed by atoms with Gasteiger partial charge in [-0.05, 0) is 62.3 Å². The van der Waals surface area contributed by atoms with E-state index < -0.39 is 0 Å². The Morgan fingerprint density at radius 3 is 2.82 bits per heavy atom. The number of benzene rings is 1. The Morgan fingerprint density at radius 2 is 2.11 bits per heavy atom. The Bertz CT molecular complexity index is 776. The molecule has 1 saturated heterocycles. The molecule has 2 atom stereocenters. The van der Waals surface area contributed by atoms with Gasteiger partial charge in [0.2, 0.25) is 0 Å². The van der Waals surface area contributed by atoms with Crippen molar-refractivity contribution in [1.29, 1.82) is 0 Å². The average molecular weight is 380 g/mol. The van der Waals surface area contributed by atoms with Gasteiger partial charge in [-0.25, -0.2) is 0 Å². The first kappa shape index (κ1) is 18.9. The summed E-state index contributed by atoms with van der Waals surface area (Å²) < 4.78 is 16.6. The maximum absolute atomic E-state index is 5.86. The monoisotopic (exact) mass is 379 g/mol. The van der Waals surface area contributed by atoms with E-state index in [4.69, 9.17) is 14.2 Å². The van der Waals surface area contributed by atoms with Gasteiger partial charge in [-0.15, -0.1) is 0 Å². The number of allylic oxidation sites excluding steroid dienone is 3. The van der Waals surface area contributed by atoms with E-state index in [-0.39, 0.29) is 6.04 Å². The van der Waals surface area contributed by atoms with Gasteiger partial charge in [0.25, 0.3) is 0 Å². The molecule has 2 aliphatic heterocycles. The Labute approximate surface area is 167 Å². The van der Waals surface area contributed by atoms with Crippen molar-refractivity contribution in [1.82, 2.24) is 4.90 Å². The van der Waals surface area contributed by atoms with Crippen molar-refractivity contribution >= 4 is 0 Å². The molecule has 4 heteroatoms. The standard InChI is InChI=1S/C24H29NO3/c1-26-22-11-9-20(10-12-22)21-8-5-13-25(17-21)23(24-18-27-14-15-28-24)16-19-6-3-2-4-7-19/h2-3,6,9-12,14-15,18,21,23H,4-5,7-8,13,16-17H2,1H3. The molecule has 1 fully saturated rings. The van der Waals surface area contributed by atoms with Crippen LogP contribution < -0.4 is 4.74 Å². The third kappa shape index (κ3) is 4.50. The van der Waals surface area contributed by atoms with Gasteiger partial charge in [-0.1, -0.05) is 35.9 Å². The summed E-state index contributed by atoms with van der Waals surface area (Å²) in [5.41, 5.74) is 2.87. The van der Waals surface area contributed by atoms with Crippen molar-refractivity contribution in [2.75, 3.05) is 20.2 Å². The maximum Gasteiger partial charge on any atom is 0.156 e. The number of hydrogen-bond acceptors (Lipinski definition) is 4. The van der Waals surface area contributed by atoms with E-state index in [9.17, 15) is 0 Å². The normalized spacial score (nSPS) is 23.2. The zero-order chi connectivity index (χ0) is 19.2. The van der Waals surface area contributed by atoms with Crippen LogP contribution in [0.3, 0.4) is 0 Å². The molecule has 4 rings (SSSR count). The summed E-state index contributed by atoms with van der Waals surface area (Å²) in [5, 5.41) is 0. The minimum absolute atomic E-state index is 0.212. The third-order valence-electron chi connectivity index (χ3n) is 5.89. The number of methoxy groups -OCH3 is 1. The summed E-state index contributed by atoms with van der Waals surface area (Å²) in [7, 11) is 1.71. The molecule has 1 aromatic carbocycles. The first-order chi connectivity index (χ1) is 13.8.